The Kier molecular flexibility index (Phi) is 5.64. The predicted octanol–water partition coefficient (Wildman–Crippen LogP) is 1.59. The first-order valence-corrected chi connectivity index (χ1v) is 9.12. The SMILES string of the molecule is O=C1CCC(Cn2ccnc2-c2cnc(N3CCCC3)s2)N1.O=CO. The Morgan fingerprint density at radius 3 is 2.80 bits per heavy atom. The summed E-state index contributed by atoms with van der Waals surface area (Å²) in [6, 6.07) is 0.214. The lowest BCUT2D eigenvalue weighted by Gasteiger charge is -2.13. The molecule has 1 unspecified atom stereocenters. The third kappa shape index (κ3) is 4.16. The molecule has 0 aliphatic carbocycles. The minimum atomic E-state index is -0.250. The van der Waals surface area contributed by atoms with Crippen molar-refractivity contribution in [3.05, 3.63) is 18.6 Å². The Balaban J connectivity index is 0.000000569. The van der Waals surface area contributed by atoms with Crippen molar-refractivity contribution in [2.24, 2.45) is 0 Å². The molecule has 2 aromatic rings. The van der Waals surface area contributed by atoms with Gasteiger partial charge < -0.3 is 19.9 Å². The van der Waals surface area contributed by atoms with Crippen molar-refractivity contribution in [1.29, 1.82) is 0 Å². The molecule has 2 N–H and O–H groups in total. The molecule has 2 aliphatic heterocycles. The van der Waals surface area contributed by atoms with E-state index in [-0.39, 0.29) is 18.4 Å². The van der Waals surface area contributed by atoms with Gasteiger partial charge in [-0.1, -0.05) is 11.3 Å². The molecule has 2 fully saturated rings. The van der Waals surface area contributed by atoms with E-state index in [0.717, 1.165) is 41.9 Å². The van der Waals surface area contributed by atoms with Gasteiger partial charge in [0.25, 0.3) is 6.47 Å². The van der Waals surface area contributed by atoms with E-state index in [1.165, 1.54) is 12.8 Å². The van der Waals surface area contributed by atoms with Gasteiger partial charge in [0.1, 0.15) is 0 Å². The van der Waals surface area contributed by atoms with Gasteiger partial charge in [0.05, 0.1) is 11.1 Å². The van der Waals surface area contributed by atoms with E-state index in [0.29, 0.717) is 6.42 Å². The standard InChI is InChI=1S/C15H19N5OS.CH2O2/c21-13-4-3-11(18-13)10-20-8-5-16-14(20)12-9-17-15(22-12)19-6-1-2-7-19;2-1-3/h5,8-9,11H,1-4,6-7,10H2,(H,18,21);1H,(H,2,3). The van der Waals surface area contributed by atoms with E-state index in [9.17, 15) is 4.79 Å². The van der Waals surface area contributed by atoms with Crippen LogP contribution in [0.1, 0.15) is 25.7 Å². The number of carbonyl (C=O) groups is 2. The number of nitrogens with one attached hydrogen (secondary N) is 1. The molecule has 2 saturated heterocycles. The number of aromatic nitrogens is 3. The van der Waals surface area contributed by atoms with E-state index < -0.39 is 0 Å². The van der Waals surface area contributed by atoms with E-state index in [1.807, 2.05) is 18.6 Å². The average Bonchev–Trinajstić information content (AvgIpc) is 3.36. The Morgan fingerprint density at radius 1 is 1.36 bits per heavy atom. The highest BCUT2D eigenvalue weighted by Gasteiger charge is 2.23. The molecule has 0 aromatic carbocycles. The molecule has 9 heteroatoms. The summed E-state index contributed by atoms with van der Waals surface area (Å²) in [5.41, 5.74) is 0. The zero-order chi connectivity index (χ0) is 17.6. The van der Waals surface area contributed by atoms with Crippen molar-refractivity contribution in [1.82, 2.24) is 19.9 Å². The van der Waals surface area contributed by atoms with Crippen LogP contribution in [0, 0.1) is 0 Å². The molecule has 0 spiro atoms. The molecule has 0 radical (unpaired) electrons. The molecule has 2 aliphatic rings. The molecule has 4 heterocycles. The van der Waals surface area contributed by atoms with E-state index in [4.69, 9.17) is 9.90 Å². The largest absolute Gasteiger partial charge is 0.483 e. The van der Waals surface area contributed by atoms with E-state index >= 15 is 0 Å². The molecule has 134 valence electrons. The van der Waals surface area contributed by atoms with Crippen molar-refractivity contribution < 1.29 is 14.7 Å². The van der Waals surface area contributed by atoms with E-state index in [1.54, 1.807) is 11.3 Å². The molecule has 1 amide bonds. The fourth-order valence-corrected chi connectivity index (χ4v) is 4.14. The second-order valence-corrected chi connectivity index (χ2v) is 7.02. The summed E-state index contributed by atoms with van der Waals surface area (Å²) in [6.45, 7) is 2.74. The quantitative estimate of drug-likeness (QED) is 0.800. The minimum absolute atomic E-state index is 0.153. The van der Waals surface area contributed by atoms with Gasteiger partial charge in [-0.3, -0.25) is 9.59 Å². The number of carboxylic acid groups (broad SMARTS) is 1. The molecule has 1 atom stereocenters. The smallest absolute Gasteiger partial charge is 0.290 e. The first-order chi connectivity index (χ1) is 12.2. The molecule has 2 aromatic heterocycles. The van der Waals surface area contributed by atoms with Gasteiger partial charge in [-0.25, -0.2) is 9.97 Å². The average molecular weight is 363 g/mol. The summed E-state index contributed by atoms with van der Waals surface area (Å²) in [5, 5.41) is 11.0. The summed E-state index contributed by atoms with van der Waals surface area (Å²) in [4.78, 5) is 32.2. The minimum Gasteiger partial charge on any atom is -0.483 e. The third-order valence-corrected chi connectivity index (χ3v) is 5.36. The van der Waals surface area contributed by atoms with Crippen LogP contribution in [0.25, 0.3) is 10.7 Å². The summed E-state index contributed by atoms with van der Waals surface area (Å²) >= 11 is 1.70. The van der Waals surface area contributed by atoms with Gasteiger partial charge in [-0.05, 0) is 19.3 Å². The highest BCUT2D eigenvalue weighted by Crippen LogP contribution is 2.32. The fraction of sp³-hybridized carbons (Fsp3) is 0.500. The van der Waals surface area contributed by atoms with Crippen molar-refractivity contribution in [3.8, 4) is 10.7 Å². The Bertz CT molecular complexity index is 723. The van der Waals surface area contributed by atoms with Crippen LogP contribution in [0.4, 0.5) is 5.13 Å². The number of nitrogens with zero attached hydrogens (tertiary/aromatic N) is 4. The van der Waals surface area contributed by atoms with E-state index in [2.05, 4.69) is 24.8 Å². The topological polar surface area (TPSA) is 100 Å². The molecule has 8 nitrogen and oxygen atoms in total. The highest BCUT2D eigenvalue weighted by atomic mass is 32.1. The number of thiazole rings is 1. The number of anilines is 1. The summed E-state index contributed by atoms with van der Waals surface area (Å²) < 4.78 is 2.12. The second-order valence-electron chi connectivity index (χ2n) is 6.01. The van der Waals surface area contributed by atoms with Crippen LogP contribution >= 0.6 is 11.3 Å². The predicted molar refractivity (Wildman–Crippen MR) is 94.6 cm³/mol. The lowest BCUT2D eigenvalue weighted by atomic mass is 10.2. The van der Waals surface area contributed by atoms with Gasteiger partial charge in [0.2, 0.25) is 5.91 Å². The maximum Gasteiger partial charge on any atom is 0.290 e. The van der Waals surface area contributed by atoms with Crippen LogP contribution < -0.4 is 10.2 Å². The number of rotatable bonds is 4. The van der Waals surface area contributed by atoms with Gasteiger partial charge in [0, 0.05) is 44.5 Å². The second kappa shape index (κ2) is 8.11. The Labute approximate surface area is 149 Å². The first kappa shape index (κ1) is 17.4. The monoisotopic (exact) mass is 363 g/mol. The lowest BCUT2D eigenvalue weighted by molar-refractivity contribution is -0.123. The summed E-state index contributed by atoms with van der Waals surface area (Å²) in [6.07, 6.45) is 9.77. The Hall–Kier alpha value is -2.42. The number of hydrogen-bond donors (Lipinski definition) is 2. The molecule has 4 rings (SSSR count). The Morgan fingerprint density at radius 2 is 2.12 bits per heavy atom. The van der Waals surface area contributed by atoms with Crippen LogP contribution in [0.3, 0.4) is 0 Å². The zero-order valence-electron chi connectivity index (χ0n) is 13.8. The number of hydrogen-bond acceptors (Lipinski definition) is 6. The van der Waals surface area contributed by atoms with Crippen molar-refractivity contribution in [2.75, 3.05) is 18.0 Å². The van der Waals surface area contributed by atoms with Gasteiger partial charge in [0.15, 0.2) is 11.0 Å². The van der Waals surface area contributed by atoms with Crippen molar-refractivity contribution in [3.63, 3.8) is 0 Å². The molecule has 25 heavy (non-hydrogen) atoms. The number of carbonyl (C=O) groups excluding carboxylic acids is 1. The van der Waals surface area contributed by atoms with Crippen LogP contribution in [-0.2, 0) is 16.1 Å². The molecular weight excluding hydrogens is 342 g/mol. The number of amides is 1. The van der Waals surface area contributed by atoms with Crippen LogP contribution in [0.15, 0.2) is 18.6 Å². The first-order valence-electron chi connectivity index (χ1n) is 8.30. The number of imidazole rings is 1. The third-order valence-electron chi connectivity index (χ3n) is 4.31. The fourth-order valence-electron chi connectivity index (χ4n) is 3.16. The normalized spacial score (nSPS) is 19.4. The van der Waals surface area contributed by atoms with Crippen molar-refractivity contribution in [2.45, 2.75) is 38.3 Å². The van der Waals surface area contributed by atoms with Crippen molar-refractivity contribution >= 4 is 28.8 Å². The van der Waals surface area contributed by atoms with Gasteiger partial charge >= 0.3 is 0 Å². The molecule has 0 bridgehead atoms. The molecule has 0 saturated carbocycles. The van der Waals surface area contributed by atoms with Gasteiger partial charge in [-0.15, -0.1) is 0 Å². The van der Waals surface area contributed by atoms with Crippen LogP contribution in [0.5, 0.6) is 0 Å². The van der Waals surface area contributed by atoms with Gasteiger partial charge in [-0.2, -0.15) is 0 Å². The zero-order valence-corrected chi connectivity index (χ0v) is 14.6. The molecular formula is C16H21N5O3S. The lowest BCUT2D eigenvalue weighted by Crippen LogP contribution is -2.29. The summed E-state index contributed by atoms with van der Waals surface area (Å²) in [7, 11) is 0. The maximum absolute atomic E-state index is 11.3. The van der Waals surface area contributed by atoms with Crippen LogP contribution in [0.2, 0.25) is 0 Å². The highest BCUT2D eigenvalue weighted by molar-refractivity contribution is 7.18. The summed E-state index contributed by atoms with van der Waals surface area (Å²) in [5.74, 6) is 1.10. The maximum atomic E-state index is 11.3. The van der Waals surface area contributed by atoms with Crippen LogP contribution in [-0.4, -0.2) is 51.2 Å².